The summed E-state index contributed by atoms with van der Waals surface area (Å²) < 4.78 is 0. The first-order chi connectivity index (χ1) is 44.1. The van der Waals surface area contributed by atoms with Crippen molar-refractivity contribution in [2.45, 2.75) is 175 Å². The van der Waals surface area contributed by atoms with E-state index >= 15 is 0 Å². The normalized spacial score (nSPS) is 16.5. The van der Waals surface area contributed by atoms with E-state index < -0.39 is 0 Å². The largest absolute Gasteiger partial charge is 3.00 e. The van der Waals surface area contributed by atoms with Crippen LogP contribution in [0.5, 0.6) is 0 Å². The smallest absolute Gasteiger partial charge is 0.657 e. The fourth-order valence-electron chi connectivity index (χ4n) is 12.1. The Hall–Kier alpha value is -5.35. The quantitative estimate of drug-likeness (QED) is 0.127. The Balaban J connectivity index is 0.000000521. The number of para-hydroxylation sites is 8. The molecule has 0 aliphatic heterocycles. The summed E-state index contributed by atoms with van der Waals surface area (Å²) in [4.78, 5) is 18.1. The van der Waals surface area contributed by atoms with E-state index in [0.29, 0.717) is 0 Å². The topological polar surface area (TPSA) is 56.4 Å². The van der Waals surface area contributed by atoms with Gasteiger partial charge in [-0.05, 0) is 111 Å². The van der Waals surface area contributed by atoms with E-state index in [4.69, 9.17) is 0 Å². The third-order valence-corrected chi connectivity index (χ3v) is 15.7. The van der Waals surface area contributed by atoms with Crippen molar-refractivity contribution in [3.05, 3.63) is 225 Å². The Morgan fingerprint density at radius 2 is 0.495 bits per heavy atom. The Labute approximate surface area is 603 Å². The first-order valence-electron chi connectivity index (χ1n) is 34.9. The summed E-state index contributed by atoms with van der Waals surface area (Å²) in [5, 5.41) is 9.99. The maximum absolute atomic E-state index is 4.52. The molecule has 1 radical (unpaired) electrons. The molecule has 2 saturated carbocycles. The Morgan fingerprint density at radius 1 is 0.297 bits per heavy atom. The second-order valence-corrected chi connectivity index (χ2v) is 20.4. The number of fused-ring (bicyclic) bond motifs is 16. The average Bonchev–Trinajstić information content (AvgIpc) is 2.00. The van der Waals surface area contributed by atoms with Crippen molar-refractivity contribution >= 4 is 87.2 Å². The predicted molar refractivity (Wildman–Crippen MR) is 402 cm³/mol. The zero-order chi connectivity index (χ0) is 65.3. The molecule has 0 N–H and O–H groups in total. The van der Waals surface area contributed by atoms with Gasteiger partial charge in [-0.3, -0.25) is 0 Å². The molecule has 16 rings (SSSR count). The minimum Gasteiger partial charge on any atom is -0.657 e. The summed E-state index contributed by atoms with van der Waals surface area (Å²) in [7, 11) is 0. The Morgan fingerprint density at radius 3 is 0.659 bits per heavy atom. The number of hydrogen-bond donors (Lipinski definition) is 0. The van der Waals surface area contributed by atoms with E-state index in [0.717, 1.165) is 86.1 Å². The van der Waals surface area contributed by atoms with Crippen LogP contribution in [0.25, 0.3) is 87.2 Å². The molecule has 4 aromatic heterocycles. The molecule has 4 aliphatic carbocycles. The summed E-state index contributed by atoms with van der Waals surface area (Å²) >= 11 is 0. The minimum absolute atomic E-state index is 0. The molecule has 0 amide bonds. The molecule has 6 atom stereocenters. The molecule has 12 aromatic rings. The van der Waals surface area contributed by atoms with Gasteiger partial charge in [-0.15, -0.1) is 44.1 Å². The van der Waals surface area contributed by atoms with Crippen molar-refractivity contribution in [3.63, 3.8) is 0 Å². The Kier molecular flexibility index (Phi) is 45.3. The van der Waals surface area contributed by atoms with Gasteiger partial charge in [0.2, 0.25) is 0 Å². The van der Waals surface area contributed by atoms with Crippen LogP contribution in [0.3, 0.4) is 0 Å². The zero-order valence-corrected chi connectivity index (χ0v) is 64.9. The van der Waals surface area contributed by atoms with Crippen LogP contribution in [0, 0.1) is 42.4 Å². The number of nitrogens with zero attached hydrogens (tertiary/aromatic N) is 4. The molecule has 6 unspecified atom stereocenters. The van der Waals surface area contributed by atoms with Gasteiger partial charge in [0.15, 0.2) is 0 Å². The third kappa shape index (κ3) is 23.9. The van der Waals surface area contributed by atoms with E-state index in [1.54, 1.807) is 0 Å². The predicted octanol–water partition coefficient (Wildman–Crippen LogP) is 26.2. The first-order valence-corrected chi connectivity index (χ1v) is 34.9. The maximum atomic E-state index is 4.52. The molecule has 2 fully saturated rings. The molecule has 4 aliphatic rings. The fourth-order valence-corrected chi connectivity index (χ4v) is 12.1. The van der Waals surface area contributed by atoms with Crippen molar-refractivity contribution in [2.75, 3.05) is 0 Å². The van der Waals surface area contributed by atoms with Gasteiger partial charge in [0.05, 0.1) is 0 Å². The number of benzene rings is 8. The summed E-state index contributed by atoms with van der Waals surface area (Å²) in [5.74, 6) is 5.89. The van der Waals surface area contributed by atoms with Crippen LogP contribution < -0.4 is 19.9 Å². The van der Waals surface area contributed by atoms with E-state index in [1.807, 2.05) is 159 Å². The van der Waals surface area contributed by atoms with Crippen LogP contribution in [-0.2, 0) is 65.4 Å². The number of aromatic nitrogens is 4. The second kappa shape index (κ2) is 49.3. The molecule has 4 bridgehead atoms. The third-order valence-electron chi connectivity index (χ3n) is 15.7. The van der Waals surface area contributed by atoms with Crippen molar-refractivity contribution < 1.29 is 65.4 Å². The average molecular weight is 1370 g/mol. The van der Waals surface area contributed by atoms with Gasteiger partial charge in [-0.25, -0.2) is 0 Å². The van der Waals surface area contributed by atoms with Gasteiger partial charge in [0.25, 0.3) is 0 Å². The van der Waals surface area contributed by atoms with Crippen LogP contribution >= 0.6 is 0 Å². The van der Waals surface area contributed by atoms with Crippen LogP contribution in [-0.4, -0.2) is 0 Å². The fraction of sp³-hybridized carbons (Fsp3) is 0.376. The molecule has 8 aromatic carbocycles. The summed E-state index contributed by atoms with van der Waals surface area (Å²) in [5.41, 5.74) is 8.69. The van der Waals surface area contributed by atoms with E-state index in [1.165, 1.54) is 94.5 Å². The molecular formula is C85H113N4Y2-2. The van der Waals surface area contributed by atoms with Gasteiger partial charge in [-0.2, -0.15) is 6.42 Å². The molecule has 0 spiro atoms. The van der Waals surface area contributed by atoms with Gasteiger partial charge in [0, 0.05) is 32.7 Å². The van der Waals surface area contributed by atoms with E-state index in [2.05, 4.69) is 204 Å². The van der Waals surface area contributed by atoms with E-state index in [9.17, 15) is 0 Å². The number of rotatable bonds is 5. The van der Waals surface area contributed by atoms with E-state index in [-0.39, 0.29) is 65.4 Å². The monoisotopic (exact) mass is 1370 g/mol. The molecule has 91 heavy (non-hydrogen) atoms. The van der Waals surface area contributed by atoms with Crippen LogP contribution in [0.2, 0.25) is 0 Å². The van der Waals surface area contributed by atoms with Crippen LogP contribution in [0.1, 0.15) is 175 Å². The summed E-state index contributed by atoms with van der Waals surface area (Å²) in [6.07, 6.45) is 22.4. The maximum Gasteiger partial charge on any atom is 3.00 e. The second-order valence-electron chi connectivity index (χ2n) is 20.4. The number of unbranched alkanes of at least 4 members (excludes halogenated alkanes) is 1. The van der Waals surface area contributed by atoms with Crippen molar-refractivity contribution in [2.24, 2.45) is 35.5 Å². The molecule has 0 saturated heterocycles. The molecule has 4 heterocycles. The van der Waals surface area contributed by atoms with Gasteiger partial charge in [0.1, 0.15) is 0 Å². The van der Waals surface area contributed by atoms with Crippen LogP contribution in [0.15, 0.2) is 218 Å². The molecule has 481 valence electrons. The SMILES string of the molecule is CC.CC.CC.CC.CC.CC.CC.CC.CCCCC1CC2C=CC1C2.[CH2-]CCC1CC2C=CC1C2.[Y+3].[Y].c1ccc2c(c1)[n-]c1ccccc12.c1ccc2c(c1)[n-]c1ccccc12.c1ccc2c(c1)[n-]c1ccccc12.c1ccc2c(c1)[n-]c1ccccc12. The minimum atomic E-state index is 0. The first kappa shape index (κ1) is 83.7. The van der Waals surface area contributed by atoms with Gasteiger partial charge < -0.3 is 26.9 Å². The molecule has 6 heteroatoms. The number of hydrogen-bond acceptors (Lipinski definition) is 0. The van der Waals surface area contributed by atoms with Gasteiger partial charge in [-0.1, -0.05) is 355 Å². The standard InChI is InChI=1S/4C12H8N.C11H18.C10H15.8C2H6.2Y/c4*1-3-7-11-9(5-1)10-6-2-4-8-12(10)13-11;1-2-3-4-10-7-9-5-6-11(10)8-9;1-2-3-9-6-8-4-5-10(9)7-8;8*1-2;;/h4*1-8H;5-6,9-11H,2-4,7-8H2,1H3;4-5,8-10H,1-3,6-7H2;8*1-2H3;;/q4*-1;;-1;;;;;;;;;;+3. The number of allylic oxidation sites excluding steroid dienone is 4. The van der Waals surface area contributed by atoms with Crippen molar-refractivity contribution in [1.82, 2.24) is 19.9 Å². The molecular weight excluding hydrogens is 1250 g/mol. The van der Waals surface area contributed by atoms with Gasteiger partial charge >= 0.3 is 32.7 Å². The van der Waals surface area contributed by atoms with Crippen molar-refractivity contribution in [1.29, 1.82) is 0 Å². The Bertz CT molecular complexity index is 3170. The summed E-state index contributed by atoms with van der Waals surface area (Å²) in [6.45, 7) is 38.2. The van der Waals surface area contributed by atoms with Crippen LogP contribution in [0.4, 0.5) is 0 Å². The zero-order valence-electron chi connectivity index (χ0n) is 59.3. The van der Waals surface area contributed by atoms with Crippen molar-refractivity contribution in [3.8, 4) is 0 Å². The summed E-state index contributed by atoms with van der Waals surface area (Å²) in [6, 6.07) is 65.9. The molecule has 4 nitrogen and oxygen atoms in total.